The molecule has 0 bridgehead atoms. The predicted molar refractivity (Wildman–Crippen MR) is 105 cm³/mol. The zero-order chi connectivity index (χ0) is 19.8. The summed E-state index contributed by atoms with van der Waals surface area (Å²) in [6.07, 6.45) is 3.26. The number of carbonyl (C=O) groups is 1. The summed E-state index contributed by atoms with van der Waals surface area (Å²) >= 11 is 0. The number of pyridine rings is 1. The molecule has 28 heavy (non-hydrogen) atoms. The van der Waals surface area contributed by atoms with E-state index in [4.69, 9.17) is 4.74 Å². The van der Waals surface area contributed by atoms with Crippen LogP contribution >= 0.6 is 0 Å². The lowest BCUT2D eigenvalue weighted by Gasteiger charge is -2.09. The molecule has 3 rings (SSSR count). The summed E-state index contributed by atoms with van der Waals surface area (Å²) in [5.41, 5.74) is 0.904. The number of carbonyl (C=O) groups excluding carboxylic acids is 1. The zero-order valence-electron chi connectivity index (χ0n) is 14.9. The van der Waals surface area contributed by atoms with E-state index in [0.29, 0.717) is 35.8 Å². The smallest absolute Gasteiger partial charge is 0.292 e. The molecule has 0 spiro atoms. The summed E-state index contributed by atoms with van der Waals surface area (Å²) < 4.78 is 5.63. The first-order valence-corrected chi connectivity index (χ1v) is 8.57. The van der Waals surface area contributed by atoms with E-state index in [1.54, 1.807) is 67.0 Å². The summed E-state index contributed by atoms with van der Waals surface area (Å²) in [6.45, 7) is 0.678. The monoisotopic (exact) mass is 378 g/mol. The number of amides is 1. The van der Waals surface area contributed by atoms with Crippen molar-refractivity contribution in [3.8, 4) is 11.5 Å². The van der Waals surface area contributed by atoms with Crippen molar-refractivity contribution in [3.05, 3.63) is 88.7 Å². The van der Waals surface area contributed by atoms with E-state index in [2.05, 4.69) is 15.6 Å². The summed E-state index contributed by atoms with van der Waals surface area (Å²) in [4.78, 5) is 26.7. The number of rotatable bonds is 8. The molecule has 0 saturated carbocycles. The summed E-state index contributed by atoms with van der Waals surface area (Å²) in [5.74, 6) is 0.973. The molecular weight excluding hydrogens is 360 g/mol. The van der Waals surface area contributed by atoms with E-state index in [0.717, 1.165) is 0 Å². The molecule has 0 atom stereocenters. The van der Waals surface area contributed by atoms with Crippen LogP contribution in [0.4, 0.5) is 11.4 Å². The van der Waals surface area contributed by atoms with Gasteiger partial charge in [-0.2, -0.15) is 0 Å². The highest BCUT2D eigenvalue weighted by Crippen LogP contribution is 2.23. The fourth-order valence-corrected chi connectivity index (χ4v) is 2.48. The minimum atomic E-state index is -0.448. The second-order valence-electron chi connectivity index (χ2n) is 5.77. The van der Waals surface area contributed by atoms with Gasteiger partial charge in [0.2, 0.25) is 0 Å². The van der Waals surface area contributed by atoms with Gasteiger partial charge >= 0.3 is 0 Å². The Bertz CT molecular complexity index is 946. The molecule has 2 N–H and O–H groups in total. The van der Waals surface area contributed by atoms with Crippen molar-refractivity contribution in [2.75, 3.05) is 18.4 Å². The maximum atomic E-state index is 12.2. The van der Waals surface area contributed by atoms with E-state index < -0.39 is 4.92 Å². The van der Waals surface area contributed by atoms with Crippen LogP contribution in [-0.2, 0) is 0 Å². The lowest BCUT2D eigenvalue weighted by molar-refractivity contribution is -0.384. The predicted octanol–water partition coefficient (Wildman–Crippen LogP) is 3.62. The van der Waals surface area contributed by atoms with Crippen LogP contribution in [0, 0.1) is 10.1 Å². The minimum Gasteiger partial charge on any atom is -0.456 e. The molecule has 142 valence electrons. The van der Waals surface area contributed by atoms with Gasteiger partial charge in [-0.3, -0.25) is 19.9 Å². The molecule has 2 aromatic carbocycles. The van der Waals surface area contributed by atoms with Gasteiger partial charge in [-0.15, -0.1) is 0 Å². The number of ether oxygens (including phenoxy) is 1. The lowest BCUT2D eigenvalue weighted by Crippen LogP contribution is -2.28. The van der Waals surface area contributed by atoms with E-state index >= 15 is 0 Å². The number of benzene rings is 2. The van der Waals surface area contributed by atoms with Crippen LogP contribution in [0.15, 0.2) is 73.1 Å². The van der Waals surface area contributed by atoms with Crippen molar-refractivity contribution >= 4 is 17.3 Å². The van der Waals surface area contributed by atoms with Gasteiger partial charge in [0.15, 0.2) is 0 Å². The van der Waals surface area contributed by atoms with Crippen LogP contribution in [0.25, 0.3) is 0 Å². The Morgan fingerprint density at radius 3 is 2.50 bits per heavy atom. The van der Waals surface area contributed by atoms with Crippen molar-refractivity contribution in [1.82, 2.24) is 10.3 Å². The first-order chi connectivity index (χ1) is 13.6. The molecule has 0 unspecified atom stereocenters. The van der Waals surface area contributed by atoms with E-state index in [1.165, 1.54) is 6.07 Å². The molecule has 0 saturated heterocycles. The highest BCUT2D eigenvalue weighted by molar-refractivity contribution is 5.94. The number of hydrogen-bond donors (Lipinski definition) is 2. The van der Waals surface area contributed by atoms with Gasteiger partial charge in [-0.25, -0.2) is 0 Å². The molecule has 0 aliphatic carbocycles. The van der Waals surface area contributed by atoms with Gasteiger partial charge < -0.3 is 15.4 Å². The molecular formula is C20H18N4O4. The number of anilines is 1. The Morgan fingerprint density at radius 2 is 1.79 bits per heavy atom. The molecule has 0 fully saturated rings. The third-order valence-electron chi connectivity index (χ3n) is 3.81. The van der Waals surface area contributed by atoms with Crippen molar-refractivity contribution < 1.29 is 14.5 Å². The molecule has 1 heterocycles. The number of nitro groups is 1. The maximum Gasteiger partial charge on any atom is 0.292 e. The highest BCUT2D eigenvalue weighted by atomic mass is 16.6. The second-order valence-corrected chi connectivity index (χ2v) is 5.77. The van der Waals surface area contributed by atoms with Crippen molar-refractivity contribution in [2.45, 2.75) is 0 Å². The highest BCUT2D eigenvalue weighted by Gasteiger charge is 2.11. The Morgan fingerprint density at radius 1 is 1.00 bits per heavy atom. The standard InChI is InChI=1S/C20H18N4O4/c25-20(23-13-12-22-18-5-1-2-6-19(18)24(26)27)15-7-9-16(10-8-15)28-17-4-3-11-21-14-17/h1-11,14,22H,12-13H2,(H,23,25). The van der Waals surface area contributed by atoms with Crippen LogP contribution in [0.5, 0.6) is 11.5 Å². The molecule has 8 heteroatoms. The molecule has 1 aromatic heterocycles. The Hall–Kier alpha value is -3.94. The summed E-state index contributed by atoms with van der Waals surface area (Å²) in [6, 6.07) is 16.7. The van der Waals surface area contributed by atoms with E-state index in [9.17, 15) is 14.9 Å². The SMILES string of the molecule is O=C(NCCNc1ccccc1[N+](=O)[O-])c1ccc(Oc2cccnc2)cc1. The Labute approximate surface area is 161 Å². The molecule has 0 aliphatic rings. The van der Waals surface area contributed by atoms with Gasteiger partial charge in [0.25, 0.3) is 11.6 Å². The number of nitrogens with zero attached hydrogens (tertiary/aromatic N) is 2. The Balaban J connectivity index is 1.48. The van der Waals surface area contributed by atoms with Crippen LogP contribution in [0.3, 0.4) is 0 Å². The second kappa shape index (κ2) is 9.13. The van der Waals surface area contributed by atoms with Crippen LogP contribution in [-0.4, -0.2) is 28.9 Å². The number of nitrogens with one attached hydrogen (secondary N) is 2. The van der Waals surface area contributed by atoms with Gasteiger partial charge in [-0.05, 0) is 42.5 Å². The number of aromatic nitrogens is 1. The quantitative estimate of drug-likeness (QED) is 0.352. The normalized spacial score (nSPS) is 10.1. The van der Waals surface area contributed by atoms with Crippen LogP contribution < -0.4 is 15.4 Å². The van der Waals surface area contributed by atoms with Gasteiger partial charge in [0.05, 0.1) is 11.1 Å². The third kappa shape index (κ3) is 5.04. The van der Waals surface area contributed by atoms with Crippen molar-refractivity contribution in [1.29, 1.82) is 0 Å². The number of hydrogen-bond acceptors (Lipinski definition) is 6. The van der Waals surface area contributed by atoms with Crippen molar-refractivity contribution in [2.24, 2.45) is 0 Å². The van der Waals surface area contributed by atoms with E-state index in [1.807, 2.05) is 0 Å². The first-order valence-electron chi connectivity index (χ1n) is 8.57. The average Bonchev–Trinajstić information content (AvgIpc) is 2.72. The fraction of sp³-hybridized carbons (Fsp3) is 0.100. The number of para-hydroxylation sites is 2. The molecule has 1 amide bonds. The minimum absolute atomic E-state index is 0.00182. The van der Waals surface area contributed by atoms with Gasteiger partial charge in [0.1, 0.15) is 17.2 Å². The molecule has 0 radical (unpaired) electrons. The van der Waals surface area contributed by atoms with Gasteiger partial charge in [0, 0.05) is 30.9 Å². The lowest BCUT2D eigenvalue weighted by atomic mass is 10.2. The van der Waals surface area contributed by atoms with Crippen molar-refractivity contribution in [3.63, 3.8) is 0 Å². The zero-order valence-corrected chi connectivity index (χ0v) is 14.9. The average molecular weight is 378 g/mol. The fourth-order valence-electron chi connectivity index (χ4n) is 2.48. The van der Waals surface area contributed by atoms with Crippen LogP contribution in [0.1, 0.15) is 10.4 Å². The Kier molecular flexibility index (Phi) is 6.14. The molecule has 0 aliphatic heterocycles. The topological polar surface area (TPSA) is 106 Å². The molecule has 8 nitrogen and oxygen atoms in total. The van der Waals surface area contributed by atoms with Gasteiger partial charge in [-0.1, -0.05) is 12.1 Å². The maximum absolute atomic E-state index is 12.2. The molecule has 3 aromatic rings. The summed E-state index contributed by atoms with van der Waals surface area (Å²) in [5, 5.41) is 16.7. The third-order valence-corrected chi connectivity index (χ3v) is 3.81. The largest absolute Gasteiger partial charge is 0.456 e. The first kappa shape index (κ1) is 18.8. The number of nitro benzene ring substituents is 1. The van der Waals surface area contributed by atoms with Crippen LogP contribution in [0.2, 0.25) is 0 Å². The van der Waals surface area contributed by atoms with E-state index in [-0.39, 0.29) is 11.6 Å². The summed E-state index contributed by atoms with van der Waals surface area (Å²) in [7, 11) is 0.